The molecule has 1 aliphatic rings. The van der Waals surface area contributed by atoms with Crippen LogP contribution in [0.3, 0.4) is 0 Å². The van der Waals surface area contributed by atoms with E-state index in [-0.39, 0.29) is 5.91 Å². The van der Waals surface area contributed by atoms with E-state index in [1.165, 1.54) is 31.5 Å². The van der Waals surface area contributed by atoms with E-state index in [0.717, 1.165) is 29.2 Å². The Morgan fingerprint density at radius 3 is 2.16 bits per heavy atom. The highest BCUT2D eigenvalue weighted by molar-refractivity contribution is 6.30. The lowest BCUT2D eigenvalue weighted by molar-refractivity contribution is -0.111. The number of carbonyl (C=O) groups excluding carboxylic acids is 1. The molecule has 1 heterocycles. The van der Waals surface area contributed by atoms with Crippen molar-refractivity contribution < 1.29 is 4.79 Å². The van der Waals surface area contributed by atoms with E-state index in [2.05, 4.69) is 41.1 Å². The minimum Gasteiger partial charge on any atom is -0.315 e. The van der Waals surface area contributed by atoms with Gasteiger partial charge in [-0.1, -0.05) is 60.8 Å². The van der Waals surface area contributed by atoms with Gasteiger partial charge in [0.25, 0.3) is 0 Å². The van der Waals surface area contributed by atoms with Crippen molar-refractivity contribution in [3.63, 3.8) is 0 Å². The van der Waals surface area contributed by atoms with Crippen molar-refractivity contribution >= 4 is 23.2 Å². The molecule has 1 amide bonds. The number of hydrogen-bond acceptors (Lipinski definition) is 2. The van der Waals surface area contributed by atoms with Crippen LogP contribution in [-0.4, -0.2) is 23.9 Å². The quantitative estimate of drug-likeness (QED) is 0.486. The van der Waals surface area contributed by atoms with Crippen LogP contribution >= 0.6 is 11.6 Å². The molecular weight excluding hydrogens is 416 g/mol. The number of anilines is 1. The van der Waals surface area contributed by atoms with Crippen molar-refractivity contribution in [2.75, 3.05) is 18.4 Å². The van der Waals surface area contributed by atoms with Gasteiger partial charge < -0.3 is 5.32 Å². The van der Waals surface area contributed by atoms with Crippen molar-refractivity contribution in [3.05, 3.63) is 88.9 Å². The van der Waals surface area contributed by atoms with Crippen LogP contribution in [-0.2, 0) is 11.3 Å². The van der Waals surface area contributed by atoms with Crippen molar-refractivity contribution in [1.82, 2.24) is 4.90 Å². The summed E-state index contributed by atoms with van der Waals surface area (Å²) < 4.78 is 0. The fourth-order valence-electron chi connectivity index (χ4n) is 3.85. The third-order valence-corrected chi connectivity index (χ3v) is 6.13. The lowest BCUT2D eigenvalue weighted by Crippen LogP contribution is -2.32. The smallest absolute Gasteiger partial charge is 0.300 e. The normalized spacial score (nSPS) is 14.4. The molecular formula is C28H27ClN2O. The van der Waals surface area contributed by atoms with Gasteiger partial charge in [-0.25, -0.2) is 0 Å². The van der Waals surface area contributed by atoms with E-state index in [9.17, 15) is 4.79 Å². The summed E-state index contributed by atoms with van der Waals surface area (Å²) in [6.07, 6.45) is 2.56. The monoisotopic (exact) mass is 442 g/mol. The van der Waals surface area contributed by atoms with E-state index in [4.69, 9.17) is 11.6 Å². The first kappa shape index (κ1) is 22.1. The molecule has 3 aromatic rings. The molecule has 3 aromatic carbocycles. The Morgan fingerprint density at radius 2 is 1.53 bits per heavy atom. The van der Waals surface area contributed by atoms with E-state index < -0.39 is 0 Å². The molecule has 4 rings (SSSR count). The summed E-state index contributed by atoms with van der Waals surface area (Å²) in [7, 11) is 0. The highest BCUT2D eigenvalue weighted by Crippen LogP contribution is 2.23. The number of piperidine rings is 1. The third kappa shape index (κ3) is 6.23. The maximum absolute atomic E-state index is 12.2. The fourth-order valence-corrected chi connectivity index (χ4v) is 3.98. The molecule has 0 radical (unpaired) electrons. The number of likely N-dealkylation sites (tertiary alicyclic amines) is 1. The van der Waals surface area contributed by atoms with Gasteiger partial charge in [0.05, 0.1) is 0 Å². The van der Waals surface area contributed by atoms with Gasteiger partial charge in [0, 0.05) is 28.7 Å². The lowest BCUT2D eigenvalue weighted by Gasteiger charge is -2.30. The maximum Gasteiger partial charge on any atom is 0.300 e. The standard InChI is InChI=1S/C28H27ClN2O/c1-21-16-18-31(19-17-21)20-23-4-2-22(3-5-23)6-15-28(32)30-27-13-9-25(10-14-27)24-7-11-26(29)12-8-24/h2-5,7-14,21H,16-20H2,1H3,(H,30,32). The summed E-state index contributed by atoms with van der Waals surface area (Å²) in [5.41, 5.74) is 4.98. The molecule has 1 N–H and O–H groups in total. The van der Waals surface area contributed by atoms with Gasteiger partial charge >= 0.3 is 5.91 Å². The van der Waals surface area contributed by atoms with E-state index in [1.54, 1.807) is 0 Å². The predicted molar refractivity (Wildman–Crippen MR) is 133 cm³/mol. The highest BCUT2D eigenvalue weighted by atomic mass is 35.5. The Bertz CT molecular complexity index is 1100. The molecule has 1 aliphatic heterocycles. The Balaban J connectivity index is 1.30. The summed E-state index contributed by atoms with van der Waals surface area (Å²) in [6, 6.07) is 23.5. The molecule has 0 aliphatic carbocycles. The molecule has 4 heteroatoms. The first-order chi connectivity index (χ1) is 15.5. The van der Waals surface area contributed by atoms with Crippen LogP contribution < -0.4 is 5.32 Å². The zero-order valence-corrected chi connectivity index (χ0v) is 19.0. The van der Waals surface area contributed by atoms with Gasteiger partial charge in [-0.3, -0.25) is 9.69 Å². The SMILES string of the molecule is CC1CCN(Cc2ccc(C#CC(=O)Nc3ccc(-c4ccc(Cl)cc4)cc3)cc2)CC1. The Hall–Kier alpha value is -3.06. The molecule has 32 heavy (non-hydrogen) atoms. The second-order valence-corrected chi connectivity index (χ2v) is 8.88. The highest BCUT2D eigenvalue weighted by Gasteiger charge is 2.15. The van der Waals surface area contributed by atoms with Crippen LogP contribution in [0.4, 0.5) is 5.69 Å². The molecule has 0 saturated carbocycles. The topological polar surface area (TPSA) is 32.3 Å². The van der Waals surface area contributed by atoms with Crippen molar-refractivity contribution in [2.24, 2.45) is 5.92 Å². The molecule has 3 nitrogen and oxygen atoms in total. The average molecular weight is 443 g/mol. The van der Waals surface area contributed by atoms with Crippen LogP contribution in [0.5, 0.6) is 0 Å². The fraction of sp³-hybridized carbons (Fsp3) is 0.250. The molecule has 0 aromatic heterocycles. The Kier molecular flexibility index (Phi) is 7.27. The second kappa shape index (κ2) is 10.5. The van der Waals surface area contributed by atoms with E-state index >= 15 is 0 Å². The van der Waals surface area contributed by atoms with Crippen LogP contribution in [0.2, 0.25) is 5.02 Å². The second-order valence-electron chi connectivity index (χ2n) is 8.44. The number of nitrogens with one attached hydrogen (secondary N) is 1. The summed E-state index contributed by atoms with van der Waals surface area (Å²) in [5, 5.41) is 3.54. The molecule has 0 spiro atoms. The molecule has 1 saturated heterocycles. The summed E-state index contributed by atoms with van der Waals surface area (Å²) >= 11 is 5.94. The molecule has 0 unspecified atom stereocenters. The molecule has 1 fully saturated rings. The summed E-state index contributed by atoms with van der Waals surface area (Å²) in [5.74, 6) is 6.16. The minimum absolute atomic E-state index is 0.323. The summed E-state index contributed by atoms with van der Waals surface area (Å²) in [6.45, 7) is 5.65. The molecule has 0 atom stereocenters. The number of amides is 1. The van der Waals surface area contributed by atoms with E-state index in [1.807, 2.05) is 60.7 Å². The van der Waals surface area contributed by atoms with Crippen molar-refractivity contribution in [3.8, 4) is 23.0 Å². The molecule has 0 bridgehead atoms. The number of benzene rings is 3. The van der Waals surface area contributed by atoms with Gasteiger partial charge in [0.2, 0.25) is 0 Å². The van der Waals surface area contributed by atoms with E-state index in [0.29, 0.717) is 10.7 Å². The number of nitrogens with zero attached hydrogens (tertiary/aromatic N) is 1. The maximum atomic E-state index is 12.2. The average Bonchev–Trinajstić information content (AvgIpc) is 2.81. The predicted octanol–water partition coefficient (Wildman–Crippen LogP) is 6.23. The number of rotatable bonds is 4. The third-order valence-electron chi connectivity index (χ3n) is 5.88. The Labute approximate surface area is 195 Å². The van der Waals surface area contributed by atoms with Crippen molar-refractivity contribution in [2.45, 2.75) is 26.3 Å². The zero-order chi connectivity index (χ0) is 22.3. The molecule has 162 valence electrons. The van der Waals surface area contributed by atoms with Crippen LogP contribution in [0.25, 0.3) is 11.1 Å². The first-order valence-electron chi connectivity index (χ1n) is 11.1. The first-order valence-corrected chi connectivity index (χ1v) is 11.4. The number of hydrogen-bond donors (Lipinski definition) is 1. The van der Waals surface area contributed by atoms with Gasteiger partial charge in [0.15, 0.2) is 0 Å². The largest absolute Gasteiger partial charge is 0.315 e. The van der Waals surface area contributed by atoms with Crippen molar-refractivity contribution in [1.29, 1.82) is 0 Å². The van der Waals surface area contributed by atoms with Crippen LogP contribution in [0.1, 0.15) is 30.9 Å². The van der Waals surface area contributed by atoms with Crippen LogP contribution in [0.15, 0.2) is 72.8 Å². The van der Waals surface area contributed by atoms with Crippen LogP contribution in [0, 0.1) is 17.8 Å². The zero-order valence-electron chi connectivity index (χ0n) is 18.3. The number of halogens is 1. The number of carbonyl (C=O) groups is 1. The minimum atomic E-state index is -0.323. The lowest BCUT2D eigenvalue weighted by atomic mass is 9.99. The van der Waals surface area contributed by atoms with Gasteiger partial charge in [0.1, 0.15) is 0 Å². The summed E-state index contributed by atoms with van der Waals surface area (Å²) in [4.78, 5) is 14.7. The van der Waals surface area contributed by atoms with Gasteiger partial charge in [-0.2, -0.15) is 0 Å². The van der Waals surface area contributed by atoms with Gasteiger partial charge in [-0.15, -0.1) is 0 Å². The van der Waals surface area contributed by atoms with Gasteiger partial charge in [-0.05, 0) is 84.9 Å². The Morgan fingerprint density at radius 1 is 0.938 bits per heavy atom.